The number of hydrogen-bond acceptors (Lipinski definition) is 1. The summed E-state index contributed by atoms with van der Waals surface area (Å²) < 4.78 is 30.3. The van der Waals surface area contributed by atoms with Crippen molar-refractivity contribution in [3.05, 3.63) is 67.9 Å². The first-order valence-electron chi connectivity index (χ1n) is 7.29. The van der Waals surface area contributed by atoms with Crippen LogP contribution in [0.15, 0.2) is 45.8 Å². The fourth-order valence-electron chi connectivity index (χ4n) is 2.70. The van der Waals surface area contributed by atoms with E-state index < -0.39 is 17.1 Å². The Balaban J connectivity index is 2.49. The standard InChI is InChI=1S/C18H13BrClF2NO/c1-9(2)23-8-11(17-13(20)4-3-5-14(17)21)18(24)10-6-15(22)12(19)7-16(10)23/h3-9H,1-2H3. The van der Waals surface area contributed by atoms with Crippen molar-refractivity contribution in [3.63, 3.8) is 0 Å². The molecule has 0 saturated heterocycles. The quantitative estimate of drug-likeness (QED) is 0.510. The van der Waals surface area contributed by atoms with Crippen LogP contribution in [-0.4, -0.2) is 4.57 Å². The van der Waals surface area contributed by atoms with Gasteiger partial charge >= 0.3 is 0 Å². The molecule has 3 rings (SSSR count). The predicted molar refractivity (Wildman–Crippen MR) is 96.7 cm³/mol. The van der Waals surface area contributed by atoms with E-state index in [0.29, 0.717) is 5.52 Å². The van der Waals surface area contributed by atoms with E-state index in [0.717, 1.165) is 0 Å². The number of pyridine rings is 1. The number of benzene rings is 2. The Morgan fingerprint density at radius 3 is 2.50 bits per heavy atom. The number of hydrogen-bond donors (Lipinski definition) is 0. The molecule has 1 aromatic heterocycles. The van der Waals surface area contributed by atoms with Crippen molar-refractivity contribution in [3.8, 4) is 11.1 Å². The van der Waals surface area contributed by atoms with Crippen LogP contribution in [0.25, 0.3) is 22.0 Å². The van der Waals surface area contributed by atoms with Crippen LogP contribution >= 0.6 is 27.5 Å². The molecule has 0 unspecified atom stereocenters. The summed E-state index contributed by atoms with van der Waals surface area (Å²) in [5.41, 5.74) is 0.254. The lowest BCUT2D eigenvalue weighted by molar-refractivity contribution is 0.609. The van der Waals surface area contributed by atoms with Gasteiger partial charge in [0.05, 0.1) is 20.6 Å². The van der Waals surface area contributed by atoms with E-state index >= 15 is 0 Å². The lowest BCUT2D eigenvalue weighted by Crippen LogP contribution is -2.14. The van der Waals surface area contributed by atoms with E-state index in [1.165, 1.54) is 24.3 Å². The van der Waals surface area contributed by atoms with Gasteiger partial charge in [-0.25, -0.2) is 8.78 Å². The Kier molecular flexibility index (Phi) is 4.49. The molecule has 6 heteroatoms. The maximum absolute atomic E-state index is 14.3. The Bertz CT molecular complexity index is 994. The second-order valence-corrected chi connectivity index (χ2v) is 7.01. The van der Waals surface area contributed by atoms with Gasteiger partial charge < -0.3 is 4.57 Å². The third-order valence-corrected chi connectivity index (χ3v) is 4.79. The molecule has 0 aliphatic rings. The summed E-state index contributed by atoms with van der Waals surface area (Å²) in [7, 11) is 0. The van der Waals surface area contributed by atoms with Crippen molar-refractivity contribution < 1.29 is 8.78 Å². The molecular formula is C18H13BrClF2NO. The Hall–Kier alpha value is -1.72. The summed E-state index contributed by atoms with van der Waals surface area (Å²) >= 11 is 9.25. The first-order chi connectivity index (χ1) is 11.3. The molecule has 0 radical (unpaired) electrons. The molecule has 1 heterocycles. The average molecular weight is 413 g/mol. The van der Waals surface area contributed by atoms with Crippen molar-refractivity contribution in [2.45, 2.75) is 19.9 Å². The largest absolute Gasteiger partial charge is 0.344 e. The molecule has 0 atom stereocenters. The number of fused-ring (bicyclic) bond motifs is 1. The van der Waals surface area contributed by atoms with E-state index in [2.05, 4.69) is 15.9 Å². The van der Waals surface area contributed by atoms with Crippen molar-refractivity contribution in [2.24, 2.45) is 0 Å². The molecule has 0 aliphatic heterocycles. The molecule has 0 aliphatic carbocycles. The van der Waals surface area contributed by atoms with E-state index in [-0.39, 0.29) is 32.1 Å². The van der Waals surface area contributed by atoms with Gasteiger partial charge in [0.2, 0.25) is 0 Å². The van der Waals surface area contributed by atoms with Gasteiger partial charge in [0.25, 0.3) is 0 Å². The lowest BCUT2D eigenvalue weighted by Gasteiger charge is -2.18. The van der Waals surface area contributed by atoms with Crippen molar-refractivity contribution in [2.75, 3.05) is 0 Å². The third kappa shape index (κ3) is 2.76. The maximum Gasteiger partial charge on any atom is 0.197 e. The van der Waals surface area contributed by atoms with Gasteiger partial charge in [0.1, 0.15) is 11.6 Å². The molecule has 0 saturated carbocycles. The monoisotopic (exact) mass is 411 g/mol. The summed E-state index contributed by atoms with van der Waals surface area (Å²) in [6.45, 7) is 3.85. The van der Waals surface area contributed by atoms with Crippen LogP contribution in [0.2, 0.25) is 5.02 Å². The fraction of sp³-hybridized carbons (Fsp3) is 0.167. The normalized spacial score (nSPS) is 11.5. The maximum atomic E-state index is 14.3. The smallest absolute Gasteiger partial charge is 0.197 e. The Labute approximate surface area is 150 Å². The van der Waals surface area contributed by atoms with Crippen LogP contribution in [0.3, 0.4) is 0 Å². The topological polar surface area (TPSA) is 22.0 Å². The van der Waals surface area contributed by atoms with Gasteiger partial charge in [-0.15, -0.1) is 0 Å². The minimum Gasteiger partial charge on any atom is -0.344 e. The summed E-state index contributed by atoms with van der Waals surface area (Å²) in [5.74, 6) is -1.14. The highest BCUT2D eigenvalue weighted by Gasteiger charge is 2.19. The number of rotatable bonds is 2. The molecule has 2 nitrogen and oxygen atoms in total. The summed E-state index contributed by atoms with van der Waals surface area (Å²) in [4.78, 5) is 12.9. The first kappa shape index (κ1) is 17.1. The van der Waals surface area contributed by atoms with Crippen LogP contribution in [0.1, 0.15) is 19.9 Å². The number of aromatic nitrogens is 1. The van der Waals surface area contributed by atoms with Gasteiger partial charge in [0.15, 0.2) is 5.43 Å². The average Bonchev–Trinajstić information content (AvgIpc) is 2.51. The van der Waals surface area contributed by atoms with E-state index in [4.69, 9.17) is 11.6 Å². The SMILES string of the molecule is CC(C)n1cc(-c2c(F)cccc2Cl)c(=O)c2cc(F)c(Br)cc21. The minimum atomic E-state index is -0.591. The van der Waals surface area contributed by atoms with Gasteiger partial charge in [-0.2, -0.15) is 0 Å². The van der Waals surface area contributed by atoms with Crippen molar-refractivity contribution in [1.82, 2.24) is 4.57 Å². The summed E-state index contributed by atoms with van der Waals surface area (Å²) in [6.07, 6.45) is 1.57. The fourth-order valence-corrected chi connectivity index (χ4v) is 3.30. The van der Waals surface area contributed by atoms with Crippen LogP contribution in [-0.2, 0) is 0 Å². The van der Waals surface area contributed by atoms with E-state index in [1.807, 2.05) is 13.8 Å². The highest BCUT2D eigenvalue weighted by atomic mass is 79.9. The number of nitrogens with zero attached hydrogens (tertiary/aromatic N) is 1. The van der Waals surface area contributed by atoms with Crippen LogP contribution in [0, 0.1) is 11.6 Å². The zero-order valence-electron chi connectivity index (χ0n) is 12.9. The van der Waals surface area contributed by atoms with Crippen LogP contribution in [0.5, 0.6) is 0 Å². The third-order valence-electron chi connectivity index (χ3n) is 3.86. The van der Waals surface area contributed by atoms with Gasteiger partial charge in [0, 0.05) is 23.2 Å². The Morgan fingerprint density at radius 2 is 1.88 bits per heavy atom. The molecule has 124 valence electrons. The minimum absolute atomic E-state index is 0.0187. The first-order valence-corrected chi connectivity index (χ1v) is 8.46. The van der Waals surface area contributed by atoms with Crippen LogP contribution in [0.4, 0.5) is 8.78 Å². The second kappa shape index (κ2) is 6.30. The second-order valence-electron chi connectivity index (χ2n) is 5.75. The Morgan fingerprint density at radius 1 is 1.17 bits per heavy atom. The van der Waals surface area contributed by atoms with Crippen molar-refractivity contribution in [1.29, 1.82) is 0 Å². The molecule has 3 aromatic rings. The molecule has 24 heavy (non-hydrogen) atoms. The van der Waals surface area contributed by atoms with Gasteiger partial charge in [-0.1, -0.05) is 17.7 Å². The van der Waals surface area contributed by atoms with Crippen molar-refractivity contribution >= 4 is 38.4 Å². The van der Waals surface area contributed by atoms with Gasteiger partial charge in [-0.05, 0) is 54.0 Å². The van der Waals surface area contributed by atoms with E-state index in [1.54, 1.807) is 16.8 Å². The van der Waals surface area contributed by atoms with Crippen LogP contribution < -0.4 is 5.43 Å². The predicted octanol–water partition coefficient (Wildman–Crippen LogP) is 5.94. The summed E-state index contributed by atoms with van der Waals surface area (Å²) in [5, 5.41) is 0.320. The zero-order valence-corrected chi connectivity index (χ0v) is 15.3. The highest BCUT2D eigenvalue weighted by Crippen LogP contribution is 2.31. The molecule has 2 aromatic carbocycles. The summed E-state index contributed by atoms with van der Waals surface area (Å²) in [6, 6.07) is 6.94. The molecule has 0 bridgehead atoms. The zero-order chi connectivity index (χ0) is 17.6. The van der Waals surface area contributed by atoms with Gasteiger partial charge in [-0.3, -0.25) is 4.79 Å². The molecular weight excluding hydrogens is 400 g/mol. The molecule has 0 fully saturated rings. The van der Waals surface area contributed by atoms with E-state index in [9.17, 15) is 13.6 Å². The highest BCUT2D eigenvalue weighted by molar-refractivity contribution is 9.10. The molecule has 0 N–H and O–H groups in total. The lowest BCUT2D eigenvalue weighted by atomic mass is 10.0. The molecule has 0 spiro atoms. The number of halogens is 4. The molecule has 0 amide bonds.